The molecule has 0 bridgehead atoms. The zero-order chi connectivity index (χ0) is 19.8. The number of ether oxygens (including phenoxy) is 2. The van der Waals surface area contributed by atoms with E-state index in [1.54, 1.807) is 0 Å². The molecule has 0 aliphatic carbocycles. The second-order valence-electron chi connectivity index (χ2n) is 9.70. The van der Waals surface area contributed by atoms with Gasteiger partial charge in [-0.2, -0.15) is 0 Å². The van der Waals surface area contributed by atoms with Gasteiger partial charge in [-0.05, 0) is 37.1 Å². The standard InChI is InChI=1S/C23H30O2P2/c1-13-7-15-19(17(26)9-13)24-23(11-21(15,3)4)12-22(5,6)16-8-14(2)10-18(27)20(16)25-23/h7-10H,11-12,26-27H2,1-6H3. The average Bonchev–Trinajstić information content (AvgIpc) is 2.49. The molecular formula is C23H30O2P2. The molecule has 2 aromatic carbocycles. The summed E-state index contributed by atoms with van der Waals surface area (Å²) in [6.07, 6.45) is 1.67. The minimum atomic E-state index is -0.645. The van der Waals surface area contributed by atoms with Crippen molar-refractivity contribution in [3.8, 4) is 11.5 Å². The quantitative estimate of drug-likeness (QED) is 0.591. The lowest BCUT2D eigenvalue weighted by molar-refractivity contribution is -0.165. The van der Waals surface area contributed by atoms with Gasteiger partial charge in [-0.25, -0.2) is 0 Å². The lowest BCUT2D eigenvalue weighted by atomic mass is 9.69. The molecule has 1 spiro atoms. The number of rotatable bonds is 0. The summed E-state index contributed by atoms with van der Waals surface area (Å²) in [5.41, 5.74) is 5.04. The van der Waals surface area contributed by atoms with E-state index in [1.165, 1.54) is 22.3 Å². The maximum atomic E-state index is 6.71. The number of benzene rings is 2. The first kappa shape index (κ1) is 19.2. The Bertz CT molecular complexity index is 866. The van der Waals surface area contributed by atoms with Gasteiger partial charge in [0.15, 0.2) is 0 Å². The summed E-state index contributed by atoms with van der Waals surface area (Å²) in [7, 11) is 5.70. The van der Waals surface area contributed by atoms with Gasteiger partial charge in [0.2, 0.25) is 0 Å². The smallest absolute Gasteiger partial charge is 0.253 e. The molecule has 0 radical (unpaired) electrons. The molecule has 0 saturated heterocycles. The molecule has 2 aliphatic heterocycles. The van der Waals surface area contributed by atoms with Crippen LogP contribution in [-0.4, -0.2) is 5.79 Å². The molecule has 0 saturated carbocycles. The van der Waals surface area contributed by atoms with Crippen molar-refractivity contribution in [1.82, 2.24) is 0 Å². The fraction of sp³-hybridized carbons (Fsp3) is 0.478. The maximum absolute atomic E-state index is 6.71. The van der Waals surface area contributed by atoms with Crippen LogP contribution in [0.4, 0.5) is 0 Å². The van der Waals surface area contributed by atoms with Gasteiger partial charge in [0, 0.05) is 45.4 Å². The van der Waals surface area contributed by atoms with Crippen LogP contribution in [0.2, 0.25) is 0 Å². The highest BCUT2D eigenvalue weighted by Crippen LogP contribution is 2.53. The fourth-order valence-corrected chi connectivity index (χ4v) is 5.93. The highest BCUT2D eigenvalue weighted by Gasteiger charge is 2.53. The number of hydrogen-bond acceptors (Lipinski definition) is 2. The van der Waals surface area contributed by atoms with E-state index in [-0.39, 0.29) is 10.8 Å². The van der Waals surface area contributed by atoms with Crippen LogP contribution in [0.3, 0.4) is 0 Å². The summed E-state index contributed by atoms with van der Waals surface area (Å²) in [6.45, 7) is 13.5. The van der Waals surface area contributed by atoms with Crippen molar-refractivity contribution in [3.63, 3.8) is 0 Å². The highest BCUT2D eigenvalue weighted by molar-refractivity contribution is 7.28. The lowest BCUT2D eigenvalue weighted by Crippen LogP contribution is -2.56. The first-order chi connectivity index (χ1) is 12.4. The summed E-state index contributed by atoms with van der Waals surface area (Å²) < 4.78 is 13.4. The first-order valence-electron chi connectivity index (χ1n) is 9.62. The van der Waals surface area contributed by atoms with E-state index in [0.29, 0.717) is 0 Å². The van der Waals surface area contributed by atoms with E-state index in [9.17, 15) is 0 Å². The molecule has 27 heavy (non-hydrogen) atoms. The van der Waals surface area contributed by atoms with Crippen molar-refractivity contribution in [1.29, 1.82) is 0 Å². The highest BCUT2D eigenvalue weighted by atomic mass is 31.0. The first-order valence-corrected chi connectivity index (χ1v) is 10.8. The second kappa shape index (κ2) is 5.95. The van der Waals surface area contributed by atoms with Crippen LogP contribution in [0.1, 0.15) is 62.8 Å². The summed E-state index contributed by atoms with van der Waals surface area (Å²) in [6, 6.07) is 8.88. The molecule has 2 unspecified atom stereocenters. The molecule has 2 atom stereocenters. The van der Waals surface area contributed by atoms with Gasteiger partial charge < -0.3 is 9.47 Å². The van der Waals surface area contributed by atoms with E-state index in [0.717, 1.165) is 34.9 Å². The van der Waals surface area contributed by atoms with Gasteiger partial charge in [0.1, 0.15) is 11.5 Å². The Morgan fingerprint density at radius 1 is 0.704 bits per heavy atom. The SMILES string of the molecule is Cc1cc(P)c2c(c1)C(C)(C)CC1(CC(C)(C)c3cc(C)cc(P)c3O1)O2. The predicted molar refractivity (Wildman–Crippen MR) is 120 cm³/mol. The summed E-state index contributed by atoms with van der Waals surface area (Å²) in [5.74, 6) is 1.30. The van der Waals surface area contributed by atoms with Crippen LogP contribution in [-0.2, 0) is 10.8 Å². The third-order valence-electron chi connectivity index (χ3n) is 5.98. The zero-order valence-corrected chi connectivity index (χ0v) is 19.5. The Morgan fingerprint density at radius 2 is 1.07 bits per heavy atom. The van der Waals surface area contributed by atoms with Gasteiger partial charge in [0.25, 0.3) is 5.79 Å². The van der Waals surface area contributed by atoms with Gasteiger partial charge in [-0.1, -0.05) is 39.8 Å². The minimum Gasteiger partial charge on any atom is -0.451 e. The summed E-state index contributed by atoms with van der Waals surface area (Å²) in [5, 5.41) is 2.22. The van der Waals surface area contributed by atoms with Gasteiger partial charge in [-0.15, -0.1) is 18.5 Å². The molecule has 4 rings (SSSR count). The van der Waals surface area contributed by atoms with E-state index < -0.39 is 5.79 Å². The second-order valence-corrected chi connectivity index (χ2v) is 10.9. The van der Waals surface area contributed by atoms with Crippen molar-refractivity contribution in [2.24, 2.45) is 0 Å². The Hall–Kier alpha value is -1.10. The van der Waals surface area contributed by atoms with Crippen molar-refractivity contribution in [2.75, 3.05) is 0 Å². The van der Waals surface area contributed by atoms with Crippen molar-refractivity contribution < 1.29 is 9.47 Å². The average molecular weight is 400 g/mol. The van der Waals surface area contributed by atoms with Crippen molar-refractivity contribution in [2.45, 2.75) is 71.0 Å². The van der Waals surface area contributed by atoms with Crippen molar-refractivity contribution >= 4 is 29.1 Å². The number of hydrogen-bond donors (Lipinski definition) is 0. The molecule has 0 aromatic heterocycles. The normalized spacial score (nSPS) is 21.0. The Morgan fingerprint density at radius 3 is 1.44 bits per heavy atom. The predicted octanol–water partition coefficient (Wildman–Crippen LogP) is 4.82. The summed E-state index contributed by atoms with van der Waals surface area (Å²) >= 11 is 0. The molecule has 2 aromatic rings. The Kier molecular flexibility index (Phi) is 4.24. The van der Waals surface area contributed by atoms with E-state index in [4.69, 9.17) is 9.47 Å². The van der Waals surface area contributed by atoms with Crippen LogP contribution >= 0.6 is 18.5 Å². The Balaban J connectivity index is 1.88. The zero-order valence-electron chi connectivity index (χ0n) is 17.2. The molecule has 4 heteroatoms. The third-order valence-corrected chi connectivity index (χ3v) is 6.84. The molecule has 2 aliphatic rings. The summed E-state index contributed by atoms with van der Waals surface area (Å²) in [4.78, 5) is 0. The third kappa shape index (κ3) is 3.10. The fourth-order valence-electron chi connectivity index (χ4n) is 4.97. The molecular weight excluding hydrogens is 370 g/mol. The molecule has 2 nitrogen and oxygen atoms in total. The van der Waals surface area contributed by atoms with Crippen LogP contribution in [0.15, 0.2) is 24.3 Å². The van der Waals surface area contributed by atoms with Gasteiger partial charge >= 0.3 is 0 Å². The number of fused-ring (bicyclic) bond motifs is 2. The monoisotopic (exact) mass is 400 g/mol. The number of aryl methyl sites for hydroxylation is 2. The van der Waals surface area contributed by atoms with Crippen LogP contribution in [0.25, 0.3) is 0 Å². The van der Waals surface area contributed by atoms with Gasteiger partial charge in [0.05, 0.1) is 0 Å². The topological polar surface area (TPSA) is 18.5 Å². The molecule has 144 valence electrons. The molecule has 0 N–H and O–H groups in total. The van der Waals surface area contributed by atoms with Crippen LogP contribution in [0, 0.1) is 13.8 Å². The lowest BCUT2D eigenvalue weighted by Gasteiger charge is -2.52. The van der Waals surface area contributed by atoms with Gasteiger partial charge in [-0.3, -0.25) is 0 Å². The van der Waals surface area contributed by atoms with E-state index in [1.807, 2.05) is 0 Å². The largest absolute Gasteiger partial charge is 0.451 e. The molecule has 0 fully saturated rings. The van der Waals surface area contributed by atoms with Crippen LogP contribution in [0.5, 0.6) is 11.5 Å². The van der Waals surface area contributed by atoms with E-state index in [2.05, 4.69) is 84.3 Å². The molecule has 2 heterocycles. The van der Waals surface area contributed by atoms with Crippen LogP contribution < -0.4 is 20.1 Å². The maximum Gasteiger partial charge on any atom is 0.253 e. The molecule has 0 amide bonds. The van der Waals surface area contributed by atoms with Crippen molar-refractivity contribution in [3.05, 3.63) is 46.5 Å². The van der Waals surface area contributed by atoms with E-state index >= 15 is 0 Å². The minimum absolute atomic E-state index is 0.0236. The Labute approximate surface area is 167 Å².